The van der Waals surface area contributed by atoms with E-state index in [9.17, 15) is 0 Å². The fourth-order valence-electron chi connectivity index (χ4n) is 1.32. The molecule has 0 radical (unpaired) electrons. The van der Waals surface area contributed by atoms with Gasteiger partial charge < -0.3 is 5.32 Å². The first-order chi connectivity index (χ1) is 6.24. The Hall–Kier alpha value is -1.08. The Labute approximate surface area is 80.5 Å². The molecule has 0 unspecified atom stereocenters. The maximum absolute atomic E-state index is 3.83. The van der Waals surface area contributed by atoms with Crippen LogP contribution in [0.2, 0.25) is 0 Å². The molecule has 0 aliphatic carbocycles. The summed E-state index contributed by atoms with van der Waals surface area (Å²) in [6, 6.07) is 11.1. The van der Waals surface area contributed by atoms with Crippen LogP contribution in [0.25, 0.3) is 0 Å². The third-order valence-corrected chi connectivity index (χ3v) is 1.91. The maximum atomic E-state index is 3.83. The largest absolute Gasteiger partial charge is 0.305 e. The van der Waals surface area contributed by atoms with E-state index in [1.54, 1.807) is 0 Å². The Morgan fingerprint density at radius 1 is 1.23 bits per heavy atom. The van der Waals surface area contributed by atoms with Gasteiger partial charge in [0, 0.05) is 6.04 Å². The molecule has 1 nitrogen and oxygen atoms in total. The molecule has 1 N–H and O–H groups in total. The van der Waals surface area contributed by atoms with Crippen molar-refractivity contribution >= 4 is 0 Å². The zero-order valence-electron chi connectivity index (χ0n) is 8.33. The molecule has 0 aliphatic heterocycles. The molecule has 0 aromatic heterocycles. The summed E-state index contributed by atoms with van der Waals surface area (Å²) >= 11 is 0. The highest BCUT2D eigenvalue weighted by Gasteiger charge is 2.06. The Morgan fingerprint density at radius 2 is 1.85 bits per heavy atom. The van der Waals surface area contributed by atoms with E-state index in [1.165, 1.54) is 5.56 Å². The minimum absolute atomic E-state index is 0.265. The predicted octanol–water partition coefficient (Wildman–Crippen LogP) is 2.91. The summed E-state index contributed by atoms with van der Waals surface area (Å²) in [5.41, 5.74) is 1.27. The van der Waals surface area contributed by atoms with E-state index in [1.807, 2.05) is 24.3 Å². The molecule has 0 saturated heterocycles. The Balaban J connectivity index is 2.73. The minimum Gasteiger partial charge on any atom is -0.305 e. The third kappa shape index (κ3) is 3.03. The van der Waals surface area contributed by atoms with Gasteiger partial charge in [0.25, 0.3) is 0 Å². The second-order valence-corrected chi connectivity index (χ2v) is 3.45. The van der Waals surface area contributed by atoms with Crippen molar-refractivity contribution in [2.45, 2.75) is 25.9 Å². The van der Waals surface area contributed by atoms with Gasteiger partial charge in [-0.2, -0.15) is 0 Å². The fourth-order valence-corrected chi connectivity index (χ4v) is 1.32. The first-order valence-electron chi connectivity index (χ1n) is 4.67. The van der Waals surface area contributed by atoms with Crippen molar-refractivity contribution < 1.29 is 0 Å². The van der Waals surface area contributed by atoms with Crippen LogP contribution in [0.15, 0.2) is 43.0 Å². The molecule has 1 rings (SSSR count). The molecule has 0 fully saturated rings. The number of hydrogen-bond donors (Lipinski definition) is 1. The van der Waals surface area contributed by atoms with Crippen LogP contribution in [0.4, 0.5) is 0 Å². The second-order valence-electron chi connectivity index (χ2n) is 3.45. The Morgan fingerprint density at radius 3 is 2.31 bits per heavy atom. The second kappa shape index (κ2) is 4.83. The van der Waals surface area contributed by atoms with Crippen molar-refractivity contribution in [1.29, 1.82) is 0 Å². The molecule has 0 bridgehead atoms. The van der Waals surface area contributed by atoms with E-state index in [4.69, 9.17) is 0 Å². The lowest BCUT2D eigenvalue weighted by Crippen LogP contribution is -2.26. The summed E-state index contributed by atoms with van der Waals surface area (Å²) in [6.07, 6.45) is 1.94. The van der Waals surface area contributed by atoms with Gasteiger partial charge in [0.2, 0.25) is 0 Å². The molecule has 1 aromatic rings. The highest BCUT2D eigenvalue weighted by molar-refractivity contribution is 5.22. The van der Waals surface area contributed by atoms with Crippen molar-refractivity contribution in [3.8, 4) is 0 Å². The van der Waals surface area contributed by atoms with Crippen molar-refractivity contribution in [2.24, 2.45) is 0 Å². The van der Waals surface area contributed by atoms with Crippen molar-refractivity contribution in [2.75, 3.05) is 0 Å². The predicted molar refractivity (Wildman–Crippen MR) is 57.7 cm³/mol. The van der Waals surface area contributed by atoms with Gasteiger partial charge in [0.05, 0.1) is 6.04 Å². The van der Waals surface area contributed by atoms with Crippen LogP contribution < -0.4 is 5.32 Å². The highest BCUT2D eigenvalue weighted by Crippen LogP contribution is 2.13. The molecule has 0 heterocycles. The lowest BCUT2D eigenvalue weighted by atomic mass is 10.1. The first kappa shape index (κ1) is 10.0. The highest BCUT2D eigenvalue weighted by atomic mass is 14.9. The summed E-state index contributed by atoms with van der Waals surface area (Å²) in [4.78, 5) is 0. The lowest BCUT2D eigenvalue weighted by Gasteiger charge is -2.17. The van der Waals surface area contributed by atoms with Gasteiger partial charge >= 0.3 is 0 Å². The van der Waals surface area contributed by atoms with Gasteiger partial charge in [-0.15, -0.1) is 6.58 Å². The quantitative estimate of drug-likeness (QED) is 0.694. The van der Waals surface area contributed by atoms with Crippen molar-refractivity contribution in [1.82, 2.24) is 5.32 Å². The molecule has 0 amide bonds. The van der Waals surface area contributed by atoms with E-state index in [0.29, 0.717) is 6.04 Å². The van der Waals surface area contributed by atoms with Crippen molar-refractivity contribution in [3.63, 3.8) is 0 Å². The summed E-state index contributed by atoms with van der Waals surface area (Å²) in [7, 11) is 0. The molecule has 0 spiro atoms. The first-order valence-corrected chi connectivity index (χ1v) is 4.67. The molecule has 1 aromatic carbocycles. The molecular formula is C12H17N. The number of nitrogens with one attached hydrogen (secondary N) is 1. The Kier molecular flexibility index (Phi) is 3.71. The van der Waals surface area contributed by atoms with Crippen LogP contribution in [0.3, 0.4) is 0 Å². The Bertz CT molecular complexity index is 251. The standard InChI is InChI=1S/C12H17N/c1-4-12(13-10(2)3)11-8-6-5-7-9-11/h4-10,12-13H,1H2,2-3H3/t12-/m0/s1. The minimum atomic E-state index is 0.265. The molecule has 13 heavy (non-hydrogen) atoms. The average molecular weight is 175 g/mol. The van der Waals surface area contributed by atoms with E-state index < -0.39 is 0 Å². The van der Waals surface area contributed by atoms with Crippen LogP contribution in [0, 0.1) is 0 Å². The normalized spacial score (nSPS) is 12.8. The van der Waals surface area contributed by atoms with E-state index in [-0.39, 0.29) is 6.04 Å². The van der Waals surface area contributed by atoms with Crippen LogP contribution in [0.5, 0.6) is 0 Å². The summed E-state index contributed by atoms with van der Waals surface area (Å²) in [6.45, 7) is 8.10. The van der Waals surface area contributed by atoms with Gasteiger partial charge in [-0.3, -0.25) is 0 Å². The smallest absolute Gasteiger partial charge is 0.0505 e. The molecule has 0 aliphatic rings. The van der Waals surface area contributed by atoms with Gasteiger partial charge in [0.15, 0.2) is 0 Å². The van der Waals surface area contributed by atoms with Gasteiger partial charge in [-0.05, 0) is 19.4 Å². The zero-order valence-corrected chi connectivity index (χ0v) is 8.33. The molecular weight excluding hydrogens is 158 g/mol. The van der Waals surface area contributed by atoms with Crippen molar-refractivity contribution in [3.05, 3.63) is 48.6 Å². The van der Waals surface area contributed by atoms with E-state index >= 15 is 0 Å². The third-order valence-electron chi connectivity index (χ3n) is 1.91. The molecule has 70 valence electrons. The van der Waals surface area contributed by atoms with Crippen LogP contribution in [0.1, 0.15) is 25.5 Å². The number of hydrogen-bond acceptors (Lipinski definition) is 1. The van der Waals surface area contributed by atoms with Gasteiger partial charge in [0.1, 0.15) is 0 Å². The summed E-state index contributed by atoms with van der Waals surface area (Å²) < 4.78 is 0. The van der Waals surface area contributed by atoms with E-state index in [2.05, 4.69) is 37.9 Å². The monoisotopic (exact) mass is 175 g/mol. The van der Waals surface area contributed by atoms with Crippen LogP contribution in [-0.2, 0) is 0 Å². The average Bonchev–Trinajstić information content (AvgIpc) is 2.15. The maximum Gasteiger partial charge on any atom is 0.0505 e. The molecule has 0 saturated carbocycles. The number of benzene rings is 1. The summed E-state index contributed by atoms with van der Waals surface area (Å²) in [5.74, 6) is 0. The van der Waals surface area contributed by atoms with E-state index in [0.717, 1.165) is 0 Å². The van der Waals surface area contributed by atoms with Gasteiger partial charge in [-0.1, -0.05) is 36.4 Å². The topological polar surface area (TPSA) is 12.0 Å². The molecule has 1 atom stereocenters. The number of rotatable bonds is 4. The summed E-state index contributed by atoms with van der Waals surface area (Å²) in [5, 5.41) is 3.43. The zero-order chi connectivity index (χ0) is 9.68. The lowest BCUT2D eigenvalue weighted by molar-refractivity contribution is 0.540. The SMILES string of the molecule is C=C[C@H](NC(C)C)c1ccccc1. The fraction of sp³-hybridized carbons (Fsp3) is 0.333. The van der Waals surface area contributed by atoms with Crippen LogP contribution >= 0.6 is 0 Å². The van der Waals surface area contributed by atoms with Crippen LogP contribution in [-0.4, -0.2) is 6.04 Å². The van der Waals surface area contributed by atoms with Gasteiger partial charge in [-0.25, -0.2) is 0 Å². The molecule has 1 heteroatoms.